The lowest BCUT2D eigenvalue weighted by Crippen LogP contribution is -2.46. The van der Waals surface area contributed by atoms with Gasteiger partial charge >= 0.3 is 0 Å². The van der Waals surface area contributed by atoms with Crippen LogP contribution in [0.4, 0.5) is 17.2 Å². The lowest BCUT2D eigenvalue weighted by atomic mass is 10.1. The van der Waals surface area contributed by atoms with Crippen molar-refractivity contribution in [3.63, 3.8) is 0 Å². The Morgan fingerprint density at radius 1 is 1.18 bits per heavy atom. The zero-order chi connectivity index (χ0) is 24.2. The van der Waals surface area contributed by atoms with E-state index in [0.29, 0.717) is 5.02 Å². The third-order valence-corrected chi connectivity index (χ3v) is 6.39. The number of aromatic nitrogens is 2. The van der Waals surface area contributed by atoms with E-state index in [-0.39, 0.29) is 23.8 Å². The molecule has 0 radical (unpaired) electrons. The van der Waals surface area contributed by atoms with Crippen LogP contribution < -0.4 is 25.8 Å². The number of anilines is 3. The number of carbonyl (C=O) groups excluding carboxylic acids is 1. The van der Waals surface area contributed by atoms with E-state index < -0.39 is 0 Å². The highest BCUT2D eigenvalue weighted by Crippen LogP contribution is 2.30. The average Bonchev–Trinajstić information content (AvgIpc) is 2.86. The first kappa shape index (κ1) is 23.8. The van der Waals surface area contributed by atoms with Crippen LogP contribution in [0.2, 0.25) is 5.02 Å². The van der Waals surface area contributed by atoms with Crippen molar-refractivity contribution < 1.29 is 9.53 Å². The fraction of sp³-hybridized carbons (Fsp3) is 0.375. The fourth-order valence-corrected chi connectivity index (χ4v) is 4.15. The fourth-order valence-electron chi connectivity index (χ4n) is 3.99. The van der Waals surface area contributed by atoms with Crippen LogP contribution in [0.5, 0.6) is 5.75 Å². The molecule has 1 saturated heterocycles. The summed E-state index contributed by atoms with van der Waals surface area (Å²) in [7, 11) is 3.19. The van der Waals surface area contributed by atoms with Crippen LogP contribution in [-0.4, -0.2) is 66.7 Å². The zero-order valence-corrected chi connectivity index (χ0v) is 20.4. The van der Waals surface area contributed by atoms with Crippen LogP contribution in [-0.2, 0) is 11.8 Å². The third-order valence-electron chi connectivity index (χ3n) is 6.09. The summed E-state index contributed by atoms with van der Waals surface area (Å²) in [5.74, 6) is 0.693. The molecule has 34 heavy (non-hydrogen) atoms. The van der Waals surface area contributed by atoms with Crippen LogP contribution in [0.3, 0.4) is 0 Å². The second kappa shape index (κ2) is 10.3. The van der Waals surface area contributed by atoms with Gasteiger partial charge in [-0.2, -0.15) is 0 Å². The first-order chi connectivity index (χ1) is 16.4. The number of hydrogen-bond donors (Lipinski definition) is 2. The van der Waals surface area contributed by atoms with E-state index in [1.807, 2.05) is 24.3 Å². The highest BCUT2D eigenvalue weighted by Gasteiger charge is 2.18. The Morgan fingerprint density at radius 2 is 1.94 bits per heavy atom. The number of nitrogens with one attached hydrogen (secondary N) is 2. The van der Waals surface area contributed by atoms with E-state index in [0.717, 1.165) is 60.8 Å². The van der Waals surface area contributed by atoms with Gasteiger partial charge in [0.2, 0.25) is 0 Å². The van der Waals surface area contributed by atoms with Crippen LogP contribution in [0.15, 0.2) is 41.3 Å². The predicted octanol–water partition coefficient (Wildman–Crippen LogP) is 2.60. The molecule has 9 nitrogen and oxygen atoms in total. The van der Waals surface area contributed by atoms with Gasteiger partial charge in [0.05, 0.1) is 22.4 Å². The van der Waals surface area contributed by atoms with Gasteiger partial charge in [-0.25, -0.2) is 4.98 Å². The number of piperazine rings is 1. The standard InChI is InChI=1S/C24H29ClN6O3/c1-4-30-7-9-31(10-8-30)22-13-19(18(25)14-27-22)28-17-5-6-20-16(11-17)12-21(24(33)29(20)3)34-15-23(32)26-2/h5-6,11-14H,4,7-10,15H2,1-3H3,(H,26,32)(H,27,28). The second-order valence-corrected chi connectivity index (χ2v) is 8.58. The highest BCUT2D eigenvalue weighted by atomic mass is 35.5. The molecule has 180 valence electrons. The molecule has 0 spiro atoms. The first-order valence-corrected chi connectivity index (χ1v) is 11.6. The van der Waals surface area contributed by atoms with Crippen molar-refractivity contribution in [3.8, 4) is 5.75 Å². The first-order valence-electron chi connectivity index (χ1n) is 11.3. The molecule has 1 amide bonds. The number of fused-ring (bicyclic) bond motifs is 1. The topological polar surface area (TPSA) is 91.7 Å². The summed E-state index contributed by atoms with van der Waals surface area (Å²) in [6, 6.07) is 9.29. The molecule has 10 heteroatoms. The molecule has 1 fully saturated rings. The lowest BCUT2D eigenvalue weighted by Gasteiger charge is -2.35. The van der Waals surface area contributed by atoms with E-state index in [1.54, 1.807) is 19.3 Å². The molecule has 0 saturated carbocycles. The molecule has 3 heterocycles. The molecule has 2 aromatic heterocycles. The summed E-state index contributed by atoms with van der Waals surface area (Å²) in [5.41, 5.74) is 2.00. The highest BCUT2D eigenvalue weighted by molar-refractivity contribution is 6.33. The molecule has 0 atom stereocenters. The van der Waals surface area contributed by atoms with Gasteiger partial charge in [-0.1, -0.05) is 18.5 Å². The largest absolute Gasteiger partial charge is 0.478 e. The van der Waals surface area contributed by atoms with Gasteiger partial charge in [0.15, 0.2) is 12.4 Å². The maximum absolute atomic E-state index is 12.6. The quantitative estimate of drug-likeness (QED) is 0.532. The van der Waals surface area contributed by atoms with Gasteiger partial charge in [-0.3, -0.25) is 9.59 Å². The number of ether oxygens (including phenoxy) is 1. The van der Waals surface area contributed by atoms with Gasteiger partial charge < -0.3 is 29.7 Å². The molecule has 1 aliphatic heterocycles. The Labute approximate surface area is 203 Å². The summed E-state index contributed by atoms with van der Waals surface area (Å²) >= 11 is 6.45. The second-order valence-electron chi connectivity index (χ2n) is 8.18. The lowest BCUT2D eigenvalue weighted by molar-refractivity contribution is -0.122. The number of hydrogen-bond acceptors (Lipinski definition) is 7. The summed E-state index contributed by atoms with van der Waals surface area (Å²) in [5, 5.41) is 7.16. The van der Waals surface area contributed by atoms with Gasteiger partial charge in [-0.05, 0) is 30.8 Å². The molecule has 2 N–H and O–H groups in total. The number of benzene rings is 1. The van der Waals surface area contributed by atoms with Gasteiger partial charge in [0.1, 0.15) is 5.82 Å². The van der Waals surface area contributed by atoms with Crippen molar-refractivity contribution in [1.82, 2.24) is 19.8 Å². The van der Waals surface area contributed by atoms with Gasteiger partial charge in [0.25, 0.3) is 11.5 Å². The third kappa shape index (κ3) is 5.10. The number of aryl methyl sites for hydroxylation is 1. The summed E-state index contributed by atoms with van der Waals surface area (Å²) in [6.07, 6.45) is 1.67. The monoisotopic (exact) mass is 484 g/mol. The van der Waals surface area contributed by atoms with Crippen LogP contribution in [0.25, 0.3) is 10.9 Å². The van der Waals surface area contributed by atoms with Crippen LogP contribution in [0.1, 0.15) is 6.92 Å². The number of carbonyl (C=O) groups is 1. The normalized spacial score (nSPS) is 14.3. The molecule has 3 aromatic rings. The number of amides is 1. The molecular weight excluding hydrogens is 456 g/mol. The summed E-state index contributed by atoms with van der Waals surface area (Å²) in [6.45, 7) is 6.87. The predicted molar refractivity (Wildman–Crippen MR) is 136 cm³/mol. The van der Waals surface area contributed by atoms with E-state index in [1.165, 1.54) is 11.6 Å². The number of rotatable bonds is 7. The Bertz CT molecular complexity index is 1250. The van der Waals surface area contributed by atoms with Crippen molar-refractivity contribution in [2.75, 3.05) is 56.6 Å². The minimum absolute atomic E-state index is 0.117. The van der Waals surface area contributed by atoms with Crippen LogP contribution in [0, 0.1) is 0 Å². The molecule has 4 rings (SSSR count). The number of nitrogens with zero attached hydrogens (tertiary/aromatic N) is 4. The number of likely N-dealkylation sites (N-methyl/N-ethyl adjacent to an activating group) is 2. The SMILES string of the molecule is CCN1CCN(c2cc(Nc3ccc4c(c3)cc(OCC(=O)NC)c(=O)n4C)c(Cl)cn2)CC1. The van der Waals surface area contributed by atoms with Crippen molar-refractivity contribution in [3.05, 3.63) is 51.9 Å². The number of pyridine rings is 2. The Morgan fingerprint density at radius 3 is 2.65 bits per heavy atom. The van der Waals surface area contributed by atoms with E-state index in [4.69, 9.17) is 16.3 Å². The van der Waals surface area contributed by atoms with Gasteiger partial charge in [-0.15, -0.1) is 0 Å². The molecule has 0 unspecified atom stereocenters. The Kier molecular flexibility index (Phi) is 7.23. The van der Waals surface area contributed by atoms with E-state index in [9.17, 15) is 9.59 Å². The van der Waals surface area contributed by atoms with Crippen molar-refractivity contribution in [2.24, 2.45) is 7.05 Å². The maximum atomic E-state index is 12.6. The molecule has 1 aromatic carbocycles. The smallest absolute Gasteiger partial charge is 0.293 e. The minimum Gasteiger partial charge on any atom is -0.478 e. The van der Waals surface area contributed by atoms with Crippen LogP contribution >= 0.6 is 11.6 Å². The molecule has 0 bridgehead atoms. The zero-order valence-electron chi connectivity index (χ0n) is 19.6. The number of halogens is 1. The average molecular weight is 485 g/mol. The Hall–Kier alpha value is -3.30. The van der Waals surface area contributed by atoms with E-state index >= 15 is 0 Å². The van der Waals surface area contributed by atoms with Crippen molar-refractivity contribution in [1.29, 1.82) is 0 Å². The van der Waals surface area contributed by atoms with Gasteiger partial charge in [0, 0.05) is 57.4 Å². The van der Waals surface area contributed by atoms with Crippen molar-refractivity contribution in [2.45, 2.75) is 6.92 Å². The molecular formula is C24H29ClN6O3. The summed E-state index contributed by atoms with van der Waals surface area (Å²) in [4.78, 5) is 33.3. The summed E-state index contributed by atoms with van der Waals surface area (Å²) < 4.78 is 6.96. The molecule has 1 aliphatic rings. The minimum atomic E-state index is -0.309. The van der Waals surface area contributed by atoms with Crippen molar-refractivity contribution >= 4 is 45.6 Å². The van der Waals surface area contributed by atoms with E-state index in [2.05, 4.69) is 32.3 Å². The maximum Gasteiger partial charge on any atom is 0.293 e. The molecule has 0 aliphatic carbocycles. The Balaban J connectivity index is 1.59.